The first-order valence-corrected chi connectivity index (χ1v) is 40.1. The van der Waals surface area contributed by atoms with Crippen LogP contribution in [-0.4, -0.2) is 96.7 Å². The van der Waals surface area contributed by atoms with Gasteiger partial charge in [-0.05, 0) is 37.5 Å². The summed E-state index contributed by atoms with van der Waals surface area (Å²) in [5.41, 5.74) is 0. The van der Waals surface area contributed by atoms with Crippen molar-refractivity contribution in [1.29, 1.82) is 0 Å². The van der Waals surface area contributed by atoms with Crippen LogP contribution < -0.4 is 0 Å². The molecule has 0 rings (SSSR count). The number of aliphatic hydroxyl groups excluding tert-OH is 1. The third-order valence-corrected chi connectivity index (χ3v) is 19.1. The largest absolute Gasteiger partial charge is 0.472 e. The Labute approximate surface area is 549 Å². The Morgan fingerprint density at radius 2 is 0.533 bits per heavy atom. The van der Waals surface area contributed by atoms with Gasteiger partial charge in [0.25, 0.3) is 0 Å². The number of esters is 4. The van der Waals surface area contributed by atoms with Crippen LogP contribution in [0.1, 0.15) is 363 Å². The van der Waals surface area contributed by atoms with Crippen molar-refractivity contribution in [2.45, 2.75) is 381 Å². The highest BCUT2D eigenvalue weighted by molar-refractivity contribution is 7.47. The van der Waals surface area contributed by atoms with Gasteiger partial charge >= 0.3 is 39.5 Å². The second-order valence-corrected chi connectivity index (χ2v) is 29.0. The number of aliphatic hydroxyl groups is 1. The molecular weight excluding hydrogens is 1190 g/mol. The molecule has 0 aliphatic heterocycles. The molecule has 0 aromatic heterocycles. The molecule has 4 unspecified atom stereocenters. The Morgan fingerprint density at radius 1 is 0.311 bits per heavy atom. The van der Waals surface area contributed by atoms with Gasteiger partial charge in [0, 0.05) is 25.7 Å². The van der Waals surface area contributed by atoms with Crippen molar-refractivity contribution in [1.82, 2.24) is 0 Å². The summed E-state index contributed by atoms with van der Waals surface area (Å²) in [5, 5.41) is 10.6. The number of phosphoric ester groups is 2. The maximum Gasteiger partial charge on any atom is 0.472 e. The molecule has 0 saturated carbocycles. The minimum atomic E-state index is -4.95. The van der Waals surface area contributed by atoms with E-state index in [-0.39, 0.29) is 25.7 Å². The number of rotatable bonds is 70. The lowest BCUT2D eigenvalue weighted by atomic mass is 9.99. The van der Waals surface area contributed by atoms with Gasteiger partial charge in [-0.3, -0.25) is 37.3 Å². The maximum atomic E-state index is 13.0. The predicted octanol–water partition coefficient (Wildman–Crippen LogP) is 20.4. The van der Waals surface area contributed by atoms with Crippen LogP contribution in [0, 0.1) is 11.8 Å². The summed E-state index contributed by atoms with van der Waals surface area (Å²) in [5.74, 6) is -0.575. The fourth-order valence-corrected chi connectivity index (χ4v) is 12.3. The van der Waals surface area contributed by atoms with Gasteiger partial charge in [0.2, 0.25) is 0 Å². The van der Waals surface area contributed by atoms with E-state index >= 15 is 0 Å². The summed E-state index contributed by atoms with van der Waals surface area (Å²) in [6.45, 7) is 9.56. The van der Waals surface area contributed by atoms with Crippen molar-refractivity contribution in [2.75, 3.05) is 39.6 Å². The average Bonchev–Trinajstić information content (AvgIpc) is 2.82. The van der Waals surface area contributed by atoms with Crippen LogP contribution in [-0.2, 0) is 65.4 Å². The first-order chi connectivity index (χ1) is 43.4. The Kier molecular flexibility index (Phi) is 61.8. The van der Waals surface area contributed by atoms with E-state index in [9.17, 15) is 43.2 Å². The minimum absolute atomic E-state index is 0.105. The number of hydrogen-bond donors (Lipinski definition) is 3. The highest BCUT2D eigenvalue weighted by Crippen LogP contribution is 2.45. The molecular formula is C71H138O17P2. The second-order valence-electron chi connectivity index (χ2n) is 26.1. The van der Waals surface area contributed by atoms with Gasteiger partial charge in [0.05, 0.1) is 26.4 Å². The lowest BCUT2D eigenvalue weighted by Crippen LogP contribution is -2.30. The molecule has 534 valence electrons. The van der Waals surface area contributed by atoms with Crippen LogP contribution in [0.5, 0.6) is 0 Å². The van der Waals surface area contributed by atoms with E-state index in [0.29, 0.717) is 25.7 Å². The highest BCUT2D eigenvalue weighted by Gasteiger charge is 2.30. The molecule has 0 fully saturated rings. The Morgan fingerprint density at radius 3 is 0.789 bits per heavy atom. The van der Waals surface area contributed by atoms with Gasteiger partial charge in [0.1, 0.15) is 19.3 Å². The van der Waals surface area contributed by atoms with E-state index in [2.05, 4.69) is 41.5 Å². The SMILES string of the molecule is CCCCCCCCCCCCCCCCC(=O)O[C@H](COC(=O)CCCCCCCCCCC(C)CC)COP(=O)(O)OC[C@@H](O)COP(=O)(O)OC[C@@H](COC(=O)CCCCCCCCCCCCCC)OC(=O)CCCCCCCCCCC(C)CC. The standard InChI is InChI=1S/C71H138O17P2/c1-7-11-13-15-17-19-21-23-24-26-28-37-43-49-55-70(75)87-66(60-82-69(74)54-48-42-36-31-29-33-39-45-51-63(5)9-3)61-85-89(77,78)83-57-65(72)58-84-90(79,80)86-62-67(88-71(76)56-50-44-38-32-30-34-40-46-52-64(6)10-4)59-81-68(73)53-47-41-35-27-25-22-20-18-16-14-12-8-2/h63-67,72H,7-62H2,1-6H3,(H,77,78)(H,79,80)/t63?,64?,65-,66-,67-/m1/s1. The van der Waals surface area contributed by atoms with Crippen LogP contribution in [0.4, 0.5) is 0 Å². The van der Waals surface area contributed by atoms with Crippen LogP contribution in [0.2, 0.25) is 0 Å². The summed E-state index contributed by atoms with van der Waals surface area (Å²) in [6.07, 6.45) is 48.3. The van der Waals surface area contributed by atoms with Crippen LogP contribution >= 0.6 is 15.6 Å². The number of carbonyl (C=O) groups is 4. The molecule has 7 atom stereocenters. The summed E-state index contributed by atoms with van der Waals surface area (Å²) < 4.78 is 68.4. The molecule has 0 spiro atoms. The molecule has 0 aromatic rings. The number of carbonyl (C=O) groups excluding carboxylic acids is 4. The zero-order valence-electron chi connectivity index (χ0n) is 58.4. The van der Waals surface area contributed by atoms with Gasteiger partial charge in [-0.1, -0.05) is 311 Å². The normalized spacial score (nSPS) is 14.7. The lowest BCUT2D eigenvalue weighted by Gasteiger charge is -2.21. The first-order valence-electron chi connectivity index (χ1n) is 37.1. The summed E-state index contributed by atoms with van der Waals surface area (Å²) in [4.78, 5) is 72.6. The molecule has 0 aromatic carbocycles. The second kappa shape index (κ2) is 63.1. The van der Waals surface area contributed by atoms with Gasteiger partial charge < -0.3 is 33.8 Å². The third-order valence-electron chi connectivity index (χ3n) is 17.2. The van der Waals surface area contributed by atoms with E-state index < -0.39 is 97.5 Å². The first kappa shape index (κ1) is 88.1. The van der Waals surface area contributed by atoms with Gasteiger partial charge in [-0.15, -0.1) is 0 Å². The highest BCUT2D eigenvalue weighted by atomic mass is 31.2. The molecule has 0 saturated heterocycles. The molecule has 0 amide bonds. The average molecular weight is 1330 g/mol. The predicted molar refractivity (Wildman–Crippen MR) is 363 cm³/mol. The number of phosphoric acid groups is 2. The smallest absolute Gasteiger partial charge is 0.462 e. The Balaban J connectivity index is 5.27. The van der Waals surface area contributed by atoms with Gasteiger partial charge in [0.15, 0.2) is 12.2 Å². The molecule has 0 bridgehead atoms. The molecule has 0 aliphatic carbocycles. The zero-order valence-corrected chi connectivity index (χ0v) is 60.2. The minimum Gasteiger partial charge on any atom is -0.462 e. The fourth-order valence-electron chi connectivity index (χ4n) is 10.7. The van der Waals surface area contributed by atoms with E-state index in [1.54, 1.807) is 0 Å². The number of ether oxygens (including phenoxy) is 4. The van der Waals surface area contributed by atoms with E-state index in [1.807, 2.05) is 0 Å². The van der Waals surface area contributed by atoms with Gasteiger partial charge in [-0.2, -0.15) is 0 Å². The summed E-state index contributed by atoms with van der Waals surface area (Å²) in [7, 11) is -9.90. The zero-order chi connectivity index (χ0) is 66.5. The van der Waals surface area contributed by atoms with E-state index in [0.717, 1.165) is 102 Å². The van der Waals surface area contributed by atoms with Crippen molar-refractivity contribution < 1.29 is 80.2 Å². The van der Waals surface area contributed by atoms with Crippen molar-refractivity contribution >= 4 is 39.5 Å². The van der Waals surface area contributed by atoms with Gasteiger partial charge in [-0.25, -0.2) is 9.13 Å². The molecule has 90 heavy (non-hydrogen) atoms. The number of unbranched alkanes of at least 4 members (excludes halogenated alkanes) is 38. The number of hydrogen-bond acceptors (Lipinski definition) is 15. The molecule has 0 aliphatic rings. The van der Waals surface area contributed by atoms with E-state index in [4.69, 9.17) is 37.0 Å². The molecule has 0 radical (unpaired) electrons. The monoisotopic (exact) mass is 1320 g/mol. The quantitative estimate of drug-likeness (QED) is 0.0222. The Hall–Kier alpha value is -1.94. The molecule has 19 heteroatoms. The van der Waals surface area contributed by atoms with Crippen molar-refractivity contribution in [2.24, 2.45) is 11.8 Å². The van der Waals surface area contributed by atoms with Crippen LogP contribution in [0.25, 0.3) is 0 Å². The van der Waals surface area contributed by atoms with E-state index in [1.165, 1.54) is 180 Å². The molecule has 17 nitrogen and oxygen atoms in total. The third kappa shape index (κ3) is 62.2. The maximum absolute atomic E-state index is 13.0. The summed E-state index contributed by atoms with van der Waals surface area (Å²) in [6, 6.07) is 0. The van der Waals surface area contributed by atoms with Crippen molar-refractivity contribution in [3.05, 3.63) is 0 Å². The van der Waals surface area contributed by atoms with Crippen LogP contribution in [0.15, 0.2) is 0 Å². The Bertz CT molecular complexity index is 1760. The van der Waals surface area contributed by atoms with Crippen molar-refractivity contribution in [3.8, 4) is 0 Å². The lowest BCUT2D eigenvalue weighted by molar-refractivity contribution is -0.161. The molecule has 0 heterocycles. The molecule has 3 N–H and O–H groups in total. The van der Waals surface area contributed by atoms with Crippen molar-refractivity contribution in [3.63, 3.8) is 0 Å². The van der Waals surface area contributed by atoms with Crippen LogP contribution in [0.3, 0.4) is 0 Å². The fraction of sp³-hybridized carbons (Fsp3) is 0.944. The topological polar surface area (TPSA) is 237 Å². The summed E-state index contributed by atoms with van der Waals surface area (Å²) >= 11 is 0.